The number of likely N-dealkylation sites (N-methyl/N-ethyl adjacent to an activating group) is 7. The van der Waals surface area contributed by atoms with Gasteiger partial charge >= 0.3 is 0 Å². The second-order valence-corrected chi connectivity index (χ2v) is 26.1. The predicted octanol–water partition coefficient (Wildman–Crippen LogP) is 3.27. The van der Waals surface area contributed by atoms with Gasteiger partial charge in [0.1, 0.15) is 60.4 Å². The first-order chi connectivity index (χ1) is 39.2. The van der Waals surface area contributed by atoms with Crippen LogP contribution in [0.15, 0.2) is 12.2 Å². The second-order valence-electron chi connectivity index (χ2n) is 26.1. The smallest absolute Gasteiger partial charge is 0.246 e. The Kier molecular flexibility index (Phi) is 31.5. The van der Waals surface area contributed by atoms with Gasteiger partial charge in [-0.2, -0.15) is 0 Å². The van der Waals surface area contributed by atoms with E-state index in [9.17, 15) is 48.3 Å². The molecular formula is C62H111N11O12. The van der Waals surface area contributed by atoms with Crippen molar-refractivity contribution >= 4 is 65.0 Å². The van der Waals surface area contributed by atoms with Crippen molar-refractivity contribution < 1.29 is 57.8 Å². The molecule has 1 rings (SSSR count). The van der Waals surface area contributed by atoms with Gasteiger partial charge in [-0.1, -0.05) is 109 Å². The molecule has 23 nitrogen and oxygen atoms in total. The number of aliphatic hydroxyl groups excluding tert-OH is 1. The molecule has 1 heterocycles. The summed E-state index contributed by atoms with van der Waals surface area (Å²) in [6, 6.07) is -12.3. The Hall–Kier alpha value is -6.13. The molecule has 0 saturated carbocycles. The third-order valence-electron chi connectivity index (χ3n) is 16.1. The maximum absolute atomic E-state index is 15.1. The van der Waals surface area contributed by atoms with Gasteiger partial charge in [0.25, 0.3) is 0 Å². The summed E-state index contributed by atoms with van der Waals surface area (Å²) in [5.74, 6) is -9.71. The van der Waals surface area contributed by atoms with Crippen LogP contribution in [-0.2, 0) is 52.7 Å². The van der Waals surface area contributed by atoms with E-state index in [2.05, 4.69) is 21.3 Å². The summed E-state index contributed by atoms with van der Waals surface area (Å²) in [7, 11) is 9.92. The summed E-state index contributed by atoms with van der Waals surface area (Å²) in [6.45, 7) is 29.3. The van der Waals surface area contributed by atoms with E-state index < -0.39 is 156 Å². The Bertz CT molecular complexity index is 2330. The molecule has 1 aliphatic heterocycles. The van der Waals surface area contributed by atoms with Crippen molar-refractivity contribution in [1.82, 2.24) is 55.6 Å². The molecule has 0 bridgehead atoms. The Morgan fingerprint density at radius 1 is 0.459 bits per heavy atom. The number of allylic oxidation sites excluding steroid dienone is 2. The van der Waals surface area contributed by atoms with Crippen LogP contribution in [0.2, 0.25) is 0 Å². The van der Waals surface area contributed by atoms with Gasteiger partial charge in [0.2, 0.25) is 65.0 Å². The first-order valence-electron chi connectivity index (χ1n) is 30.6. The predicted molar refractivity (Wildman–Crippen MR) is 328 cm³/mol. The van der Waals surface area contributed by atoms with Crippen molar-refractivity contribution in [3.63, 3.8) is 0 Å². The molecule has 0 spiro atoms. The molecule has 0 radical (unpaired) electrons. The average Bonchev–Trinajstić information content (AvgIpc) is 3.62. The van der Waals surface area contributed by atoms with E-state index in [4.69, 9.17) is 0 Å². The third kappa shape index (κ3) is 21.7. The van der Waals surface area contributed by atoms with Crippen LogP contribution in [0.5, 0.6) is 0 Å². The lowest BCUT2D eigenvalue weighted by Gasteiger charge is -2.41. The molecule has 0 aromatic carbocycles. The number of hydrogen-bond donors (Lipinski definition) is 5. The summed E-state index contributed by atoms with van der Waals surface area (Å²) in [6.07, 6.45) is 3.04. The molecule has 486 valence electrons. The van der Waals surface area contributed by atoms with Gasteiger partial charge in [-0.25, -0.2) is 0 Å². The first-order valence-corrected chi connectivity index (χ1v) is 30.6. The number of nitrogens with zero attached hydrogens (tertiary/aromatic N) is 7. The lowest BCUT2D eigenvalue weighted by molar-refractivity contribution is -0.157. The number of amides is 11. The van der Waals surface area contributed by atoms with Crippen LogP contribution in [0.3, 0.4) is 0 Å². The fourth-order valence-corrected chi connectivity index (χ4v) is 10.7. The molecule has 11 amide bonds. The molecule has 1 fully saturated rings. The number of aliphatic hydroxyl groups is 1. The standard InChI is InChI=1S/C62H111N11O12/c1-25-27-28-40(15)52(75)51-56(79)65-43(26-2)58(81)67(18)33-48(74)68(19)44(29-34(3)4)55(78)66-49(38(11)12)61(84)69(20)45(30-35(5)6)54(77)63-41(16)53(76)64-42(17)57(80)70(21)46(31-36(7)8)59(82)71(22)47(32-37(9)10)60(83)72(23)50(39(13)14)62(85)73(51)24/h25,27,34-47,49-52,75H,26,28-33H2,1-24H3,(H,63,77)(H,64,76)(H,65,79)(H,66,78)/t40-,41?,42?,43?,44?,45?,46?,47?,49?,50?,51?,52-/m1/s1. The van der Waals surface area contributed by atoms with Crippen molar-refractivity contribution in [2.45, 2.75) is 223 Å². The molecule has 0 aliphatic carbocycles. The second kappa shape index (κ2) is 34.9. The number of carbonyl (C=O) groups excluding carboxylic acids is 11. The summed E-state index contributed by atoms with van der Waals surface area (Å²) >= 11 is 0. The highest BCUT2D eigenvalue weighted by Crippen LogP contribution is 2.26. The average molecular weight is 1200 g/mol. The molecule has 1 saturated heterocycles. The molecule has 10 unspecified atom stereocenters. The Labute approximate surface area is 508 Å². The van der Waals surface area contributed by atoms with Crippen molar-refractivity contribution in [3.05, 3.63) is 12.2 Å². The van der Waals surface area contributed by atoms with Crippen LogP contribution in [-0.4, -0.2) is 227 Å². The van der Waals surface area contributed by atoms with Gasteiger partial charge in [-0.3, -0.25) is 52.7 Å². The van der Waals surface area contributed by atoms with Crippen molar-refractivity contribution in [2.24, 2.45) is 41.4 Å². The molecule has 12 atom stereocenters. The van der Waals surface area contributed by atoms with Crippen LogP contribution in [0, 0.1) is 41.4 Å². The van der Waals surface area contributed by atoms with Crippen molar-refractivity contribution in [3.8, 4) is 0 Å². The van der Waals surface area contributed by atoms with E-state index in [-0.39, 0.29) is 55.8 Å². The summed E-state index contributed by atoms with van der Waals surface area (Å²) in [4.78, 5) is 169. The summed E-state index contributed by atoms with van der Waals surface area (Å²) < 4.78 is 0. The molecular weight excluding hydrogens is 1090 g/mol. The Morgan fingerprint density at radius 2 is 0.871 bits per heavy atom. The number of carbonyl (C=O) groups is 11. The third-order valence-corrected chi connectivity index (χ3v) is 16.1. The molecule has 1 aliphatic rings. The minimum Gasteiger partial charge on any atom is -0.390 e. The maximum atomic E-state index is 15.1. The monoisotopic (exact) mass is 1200 g/mol. The molecule has 23 heteroatoms. The Balaban J connectivity index is 4.32. The van der Waals surface area contributed by atoms with Crippen molar-refractivity contribution in [2.75, 3.05) is 55.9 Å². The fraction of sp³-hybridized carbons (Fsp3) is 0.790. The maximum Gasteiger partial charge on any atom is 0.246 e. The van der Waals surface area contributed by atoms with Gasteiger partial charge in [0.05, 0.1) is 12.6 Å². The van der Waals surface area contributed by atoms with Crippen LogP contribution >= 0.6 is 0 Å². The highest BCUT2D eigenvalue weighted by molar-refractivity contribution is 5.99. The van der Waals surface area contributed by atoms with Crippen LogP contribution in [0.1, 0.15) is 156 Å². The number of rotatable bonds is 15. The number of hydrogen-bond acceptors (Lipinski definition) is 12. The van der Waals surface area contributed by atoms with E-state index in [0.717, 1.165) is 9.80 Å². The largest absolute Gasteiger partial charge is 0.390 e. The van der Waals surface area contributed by atoms with Crippen LogP contribution in [0.25, 0.3) is 0 Å². The van der Waals surface area contributed by atoms with E-state index in [1.54, 1.807) is 54.5 Å². The lowest BCUT2D eigenvalue weighted by Crippen LogP contribution is -2.63. The van der Waals surface area contributed by atoms with Crippen molar-refractivity contribution in [1.29, 1.82) is 0 Å². The van der Waals surface area contributed by atoms with Gasteiger partial charge in [0.15, 0.2) is 0 Å². The minimum atomic E-state index is -1.61. The highest BCUT2D eigenvalue weighted by atomic mass is 16.3. The van der Waals surface area contributed by atoms with Gasteiger partial charge in [-0.05, 0) is 101 Å². The number of nitrogens with one attached hydrogen (secondary N) is 4. The topological polar surface area (TPSA) is 279 Å². The zero-order valence-electron chi connectivity index (χ0n) is 56.1. The van der Waals surface area contributed by atoms with Crippen LogP contribution in [0.4, 0.5) is 0 Å². The van der Waals surface area contributed by atoms with E-state index >= 15 is 9.59 Å². The molecule has 5 N–H and O–H groups in total. The SMILES string of the molecule is CC=CC[C@@H](C)[C@@H](O)C1C(=O)NC(CC)C(=O)N(C)CC(=O)N(C)C(CC(C)C)C(=O)NC(C(C)C)C(=O)N(C)C(CC(C)C)C(=O)NC(C)C(=O)NC(C)C(=O)N(C)C(CC(C)C)C(=O)N(C)C(CC(C)C)C(=O)N(C)C(C(C)C)C(=O)N1C. The normalized spacial score (nSPS) is 26.9. The molecule has 0 aromatic rings. The first kappa shape index (κ1) is 76.9. The molecule has 0 aromatic heterocycles. The zero-order valence-corrected chi connectivity index (χ0v) is 56.1. The van der Waals surface area contributed by atoms with E-state index in [1.165, 1.54) is 87.7 Å². The Morgan fingerprint density at radius 3 is 1.32 bits per heavy atom. The van der Waals surface area contributed by atoms with Crippen LogP contribution < -0.4 is 21.3 Å². The summed E-state index contributed by atoms with van der Waals surface area (Å²) in [5.41, 5.74) is 0. The van der Waals surface area contributed by atoms with Gasteiger partial charge in [0, 0.05) is 49.3 Å². The van der Waals surface area contributed by atoms with Gasteiger partial charge in [-0.15, -0.1) is 0 Å². The summed E-state index contributed by atoms with van der Waals surface area (Å²) in [5, 5.41) is 23.1. The van der Waals surface area contributed by atoms with E-state index in [0.29, 0.717) is 6.42 Å². The molecule has 85 heavy (non-hydrogen) atoms. The minimum absolute atomic E-state index is 0.0229. The highest BCUT2D eigenvalue weighted by Gasteiger charge is 2.45. The van der Waals surface area contributed by atoms with Gasteiger partial charge < -0.3 is 60.7 Å². The van der Waals surface area contributed by atoms with E-state index in [1.807, 2.05) is 61.5 Å². The fourth-order valence-electron chi connectivity index (χ4n) is 10.7. The lowest BCUT2D eigenvalue weighted by atomic mass is 9.91. The zero-order chi connectivity index (χ0) is 66.0. The quantitative estimate of drug-likeness (QED) is 0.148.